The van der Waals surface area contributed by atoms with Crippen molar-refractivity contribution in [2.24, 2.45) is 79.9 Å². The van der Waals surface area contributed by atoms with Crippen LogP contribution in [-0.2, 0) is 0 Å². The lowest BCUT2D eigenvalue weighted by atomic mass is 10.1. The van der Waals surface area contributed by atoms with Crippen LogP contribution in [0.5, 0.6) is 0 Å². The molecule has 0 saturated heterocycles. The summed E-state index contributed by atoms with van der Waals surface area (Å²) in [6.07, 6.45) is -4.44. The Kier molecular flexibility index (Phi) is 17.5. The van der Waals surface area contributed by atoms with Crippen LogP contribution in [0.25, 0.3) is 86.2 Å². The first-order valence-corrected chi connectivity index (χ1v) is 45.2. The van der Waals surface area contributed by atoms with E-state index in [1.54, 1.807) is 54.3 Å². The van der Waals surface area contributed by atoms with Crippen LogP contribution in [0.15, 0.2) is 262 Å². The van der Waals surface area contributed by atoms with E-state index in [1.165, 1.54) is 81.8 Å². The van der Waals surface area contributed by atoms with E-state index in [-0.39, 0.29) is 134 Å². The molecule has 0 unspecified atom stereocenters. The van der Waals surface area contributed by atoms with Gasteiger partial charge in [-0.1, -0.05) is 0 Å². The Morgan fingerprint density at radius 1 is 0.158 bits per heavy atom. The SMILES string of the molecule is Fc1cc2c(cc1F)C1=Nc3c4cc(F)c(F)cc4c4n3B(Cl)n3c(c5cc(F)c(F)cc5c3=N4)=NC2=N1.Fc1ccc(F)c2c1C1=NC2=Nc2c3c(F)ccc(F)c3c3n2B(Cl)n2c(c4c(F)ccc(F)c4c2=N3)=N1.Fc1ccc2c(c1)C1=Nc3c4ccc(F)cc4c4n3B(Cl)n3c(c5cc(F)ccc5c3=N4)=NC2=N1.Fc1ccc2c(c1)C1=Nc3c4ccc(F)cc4c4n3B(Cl)n3c(c5ccc(F)cc5c3=N4)=NC2=N1. The molecule has 0 amide bonds. The smallest absolute Gasteiger partial charge is 0.319 e. The van der Waals surface area contributed by atoms with Crippen molar-refractivity contribution in [1.82, 2.24) is 35.8 Å². The number of benzene rings is 12. The number of amidine groups is 8. The molecule has 700 valence electrons. The Labute approximate surface area is 815 Å². The lowest BCUT2D eigenvalue weighted by molar-refractivity contribution is 0.508. The molecule has 146 heavy (non-hydrogen) atoms. The van der Waals surface area contributed by atoms with Crippen molar-refractivity contribution in [3.63, 3.8) is 0 Å². The second kappa shape index (κ2) is 29.8. The second-order valence-corrected chi connectivity index (χ2v) is 36.2. The third-order valence-electron chi connectivity index (χ3n) is 26.8. The number of hydrogen-bond donors (Lipinski definition) is 0. The molecule has 0 fully saturated rings. The molecule has 24 nitrogen and oxygen atoms in total. The molecule has 0 atom stereocenters. The van der Waals surface area contributed by atoms with E-state index in [0.29, 0.717) is 122 Å². The Bertz CT molecular complexity index is 10800. The Balaban J connectivity index is 0.0000000922. The summed E-state index contributed by atoms with van der Waals surface area (Å²) in [7, 11) is 0. The maximum absolute atomic E-state index is 15.2. The van der Waals surface area contributed by atoms with Crippen molar-refractivity contribution in [2.75, 3.05) is 0 Å². The molecule has 12 aliphatic rings. The van der Waals surface area contributed by atoms with Gasteiger partial charge in [0.2, 0.25) is 0 Å². The number of hydrogen-bond acceptors (Lipinski definition) is 16. The predicted molar refractivity (Wildman–Crippen MR) is 509 cm³/mol. The highest BCUT2D eigenvalue weighted by molar-refractivity contribution is 7.07. The van der Waals surface area contributed by atoms with Crippen molar-refractivity contribution in [1.29, 1.82) is 0 Å². The van der Waals surface area contributed by atoms with Gasteiger partial charge in [0.25, 0.3) is 0 Å². The molecule has 16 bridgehead atoms. The molecule has 12 aliphatic heterocycles. The molecular formula is C96H30B4Cl4F18N24. The van der Waals surface area contributed by atoms with Gasteiger partial charge in [0.1, 0.15) is 160 Å². The molecule has 50 heteroatoms. The van der Waals surface area contributed by atoms with Gasteiger partial charge in [-0.05, 0) is 182 Å². The third-order valence-corrected chi connectivity index (χ3v) is 28.4. The summed E-state index contributed by atoms with van der Waals surface area (Å²) >= 11 is 27.8. The first-order valence-electron chi connectivity index (χ1n) is 43.4. The first-order chi connectivity index (χ1) is 70.4. The quantitative estimate of drug-likeness (QED) is 0.102. The summed E-state index contributed by atoms with van der Waals surface area (Å²) in [5.74, 6) is -13.8. The maximum atomic E-state index is 15.2. The highest BCUT2D eigenvalue weighted by Crippen LogP contribution is 2.49. The van der Waals surface area contributed by atoms with Crippen molar-refractivity contribution in [3.8, 4) is 0 Å². The van der Waals surface area contributed by atoms with Gasteiger partial charge in [0, 0.05) is 98.0 Å². The molecule has 0 aliphatic carbocycles. The van der Waals surface area contributed by atoms with Gasteiger partial charge < -0.3 is 35.8 Å². The monoisotopic (exact) mass is 2040 g/mol. The molecular weight excluding hydrogens is 2020 g/mol. The van der Waals surface area contributed by atoms with Crippen LogP contribution in [-0.4, -0.2) is 108 Å². The van der Waals surface area contributed by atoms with Crippen molar-refractivity contribution < 1.29 is 79.0 Å². The van der Waals surface area contributed by atoms with Crippen molar-refractivity contribution in [2.45, 2.75) is 0 Å². The molecule has 0 spiro atoms. The van der Waals surface area contributed by atoms with Gasteiger partial charge >= 0.3 is 25.6 Å². The van der Waals surface area contributed by atoms with Gasteiger partial charge in [0.15, 0.2) is 81.6 Å². The summed E-state index contributed by atoms with van der Waals surface area (Å²) in [6, 6.07) is 36.5. The topological polar surface area (TPSA) is 237 Å². The highest BCUT2D eigenvalue weighted by atomic mass is 35.5. The lowest BCUT2D eigenvalue weighted by Crippen LogP contribution is -2.45. The van der Waals surface area contributed by atoms with Gasteiger partial charge in [0.05, 0.1) is 32.7 Å². The third kappa shape index (κ3) is 11.6. The van der Waals surface area contributed by atoms with Gasteiger partial charge in [-0.3, -0.25) is 0 Å². The van der Waals surface area contributed by atoms with Crippen molar-refractivity contribution in [3.05, 3.63) is 375 Å². The summed E-state index contributed by atoms with van der Waals surface area (Å²) in [6.45, 7) is 0. The first kappa shape index (κ1) is 85.6. The van der Waals surface area contributed by atoms with E-state index in [9.17, 15) is 52.7 Å². The van der Waals surface area contributed by atoms with Gasteiger partial charge in [-0.2, -0.15) is 0 Å². The summed E-state index contributed by atoms with van der Waals surface area (Å²) in [5, 5.41) is 3.56. The number of fused-ring (bicyclic) bond motifs is 40. The van der Waals surface area contributed by atoms with Crippen LogP contribution in [0, 0.1) is 105 Å². The molecule has 0 N–H and O–H groups in total. The number of aliphatic imine (C=N–C) groups is 8. The van der Waals surface area contributed by atoms with Crippen LogP contribution in [0.4, 0.5) is 126 Å². The fraction of sp³-hybridized carbons (Fsp3) is 0. The molecule has 32 rings (SSSR count). The van der Waals surface area contributed by atoms with Gasteiger partial charge in [-0.25, -0.2) is 159 Å². The highest BCUT2D eigenvalue weighted by Gasteiger charge is 2.45. The average molecular weight is 2050 g/mol. The standard InChI is InChI=1S/2C24H6BClF6N6.2C24H9BClF3N6/c26-25-37-21-9-3-15(29)17(31)5-11(9)23(37)36-24-12-6-18(32)16(30)4-10(12)22(38(24)25)35-20-8-2-14(28)13(27)1-7(8)19(33-20)34-21;26-25-37-21-15-9(29)3-5-11(31)17(15)23(37)36-24-18-12(32)6-4-10(30)16(18)22(38(24)25)35-20-14-8(28)2-1-7(27)13(14)19(33-20)34-21;26-25-34-21-14-5-2-12(29)9-18(14)24(34)33-22-15-6-3-11(28)8-17(15)23(35(22)25)31-19-13-4-1-10(27)7-16(13)20(30-19)32-21;26-25-34-21-14-5-2-11(28)8-17(14)23(34)33-24-18-9-12(29)3-6-15(18)22(35(24)25)32-20-16-7-10(27)1-4-13(16)19(30-20)31-21/h2*1-6H;2*1-9H. The van der Waals surface area contributed by atoms with E-state index in [2.05, 4.69) is 49.9 Å². The predicted octanol–water partition coefficient (Wildman–Crippen LogP) is 18.3. The molecule has 8 aromatic heterocycles. The van der Waals surface area contributed by atoms with Crippen LogP contribution < -0.4 is 43.9 Å². The Hall–Kier alpha value is -17.1. The summed E-state index contributed by atoms with van der Waals surface area (Å²) in [4.78, 5) is 73.1. The number of rotatable bonds is 0. The minimum absolute atomic E-state index is 0.00181. The summed E-state index contributed by atoms with van der Waals surface area (Å²) in [5.41, 5.74) is 2.68. The van der Waals surface area contributed by atoms with Crippen LogP contribution in [0.2, 0.25) is 0 Å². The molecule has 0 radical (unpaired) electrons. The van der Waals surface area contributed by atoms with Crippen LogP contribution in [0.3, 0.4) is 0 Å². The molecule has 0 saturated carbocycles. The fourth-order valence-electron chi connectivity index (χ4n) is 20.6. The van der Waals surface area contributed by atoms with E-state index >= 15 is 26.3 Å². The van der Waals surface area contributed by atoms with Crippen LogP contribution in [0.1, 0.15) is 44.5 Å². The molecule has 12 aromatic carbocycles. The number of halogens is 22. The second-order valence-electron chi connectivity index (χ2n) is 34.7. The van der Waals surface area contributed by atoms with E-state index in [4.69, 9.17) is 75.8 Å². The maximum Gasteiger partial charge on any atom is 0.499 e. The number of nitrogens with zero attached hydrogens (tertiary/aromatic N) is 24. The molecule has 20 aromatic rings. The Morgan fingerprint density at radius 3 is 0.808 bits per heavy atom. The normalized spacial score (nSPS) is 14.9. The number of aromatic nitrogens is 8. The van der Waals surface area contributed by atoms with E-state index in [1.807, 2.05) is 0 Å². The summed E-state index contributed by atoms with van der Waals surface area (Å²) < 4.78 is 274. The van der Waals surface area contributed by atoms with E-state index < -0.39 is 142 Å². The minimum atomic E-state index is -1.44. The van der Waals surface area contributed by atoms with Crippen LogP contribution >= 0.6 is 45.8 Å². The fourth-order valence-corrected chi connectivity index (χ4v) is 22.1. The average Bonchev–Trinajstić information content (AvgIpc) is 1.55. The zero-order chi connectivity index (χ0) is 99.6. The largest absolute Gasteiger partial charge is 0.499 e. The van der Waals surface area contributed by atoms with E-state index in [0.717, 1.165) is 81.8 Å². The minimum Gasteiger partial charge on any atom is -0.319 e. The molecule has 20 heterocycles. The van der Waals surface area contributed by atoms with Gasteiger partial charge in [-0.15, -0.1) is 45.8 Å². The zero-order valence-corrected chi connectivity index (χ0v) is 74.7. The Morgan fingerprint density at radius 2 is 0.390 bits per heavy atom. The lowest BCUT2D eigenvalue weighted by Gasteiger charge is -2.18. The zero-order valence-electron chi connectivity index (χ0n) is 71.7. The van der Waals surface area contributed by atoms with Crippen molar-refractivity contribution >= 4 is 251 Å².